The highest BCUT2D eigenvalue weighted by Crippen LogP contribution is 2.42. The molecule has 1 aromatic carbocycles. The van der Waals surface area contributed by atoms with E-state index in [1.807, 2.05) is 22.4 Å². The van der Waals surface area contributed by atoms with E-state index in [2.05, 4.69) is 14.8 Å². The number of anilines is 1. The van der Waals surface area contributed by atoms with Gasteiger partial charge in [0, 0.05) is 23.2 Å². The molecule has 1 fully saturated rings. The van der Waals surface area contributed by atoms with Gasteiger partial charge in [0.05, 0.1) is 12.6 Å². The Labute approximate surface area is 147 Å². The minimum atomic E-state index is -3.64. The van der Waals surface area contributed by atoms with Crippen LogP contribution < -0.4 is 14.8 Å². The first-order chi connectivity index (χ1) is 12.0. The van der Waals surface area contributed by atoms with Gasteiger partial charge in [0.2, 0.25) is 5.91 Å². The van der Waals surface area contributed by atoms with Crippen molar-refractivity contribution in [2.24, 2.45) is 0 Å². The number of rotatable bonds is 4. The van der Waals surface area contributed by atoms with Gasteiger partial charge in [-0.1, -0.05) is 6.07 Å². The third-order valence-corrected chi connectivity index (χ3v) is 5.26. The van der Waals surface area contributed by atoms with Crippen LogP contribution in [0.2, 0.25) is 0 Å². The quantitative estimate of drug-likeness (QED) is 0.893. The average molecular weight is 366 g/mol. The van der Waals surface area contributed by atoms with Crippen molar-refractivity contribution in [1.82, 2.24) is 4.90 Å². The Kier molecular flexibility index (Phi) is 3.99. The topological polar surface area (TPSA) is 50.8 Å². The molecule has 0 bridgehead atoms. The second-order valence-corrected chi connectivity index (χ2v) is 6.92. The lowest BCUT2D eigenvalue weighted by Crippen LogP contribution is -2.34. The van der Waals surface area contributed by atoms with E-state index in [1.54, 1.807) is 17.4 Å². The molecule has 0 spiro atoms. The SMILES string of the molecule is O=C(CNc1ccc2c(c1)OC(F)(F)O2)N1CCCC1c1cccs1. The van der Waals surface area contributed by atoms with E-state index in [1.165, 1.54) is 17.0 Å². The van der Waals surface area contributed by atoms with Gasteiger partial charge in [0.1, 0.15) is 0 Å². The Balaban J connectivity index is 1.39. The molecule has 4 rings (SSSR count). The van der Waals surface area contributed by atoms with E-state index in [0.29, 0.717) is 5.69 Å². The summed E-state index contributed by atoms with van der Waals surface area (Å²) in [5.41, 5.74) is 0.528. The zero-order valence-electron chi connectivity index (χ0n) is 13.2. The second-order valence-electron chi connectivity index (χ2n) is 5.94. The highest BCUT2D eigenvalue weighted by atomic mass is 32.1. The number of amides is 1. The number of carbonyl (C=O) groups excluding carboxylic acids is 1. The van der Waals surface area contributed by atoms with Crippen molar-refractivity contribution in [2.75, 3.05) is 18.4 Å². The van der Waals surface area contributed by atoms with Crippen LogP contribution in [0.4, 0.5) is 14.5 Å². The van der Waals surface area contributed by atoms with Gasteiger partial charge in [0.25, 0.3) is 0 Å². The molecule has 1 saturated heterocycles. The van der Waals surface area contributed by atoms with Gasteiger partial charge in [-0.3, -0.25) is 4.79 Å². The summed E-state index contributed by atoms with van der Waals surface area (Å²) in [6.45, 7) is 0.828. The van der Waals surface area contributed by atoms with E-state index in [-0.39, 0.29) is 30.0 Å². The lowest BCUT2D eigenvalue weighted by molar-refractivity contribution is -0.286. The Hall–Kier alpha value is -2.35. The van der Waals surface area contributed by atoms with Crippen LogP contribution in [-0.4, -0.2) is 30.2 Å². The van der Waals surface area contributed by atoms with Crippen molar-refractivity contribution >= 4 is 22.9 Å². The number of alkyl halides is 2. The molecule has 2 aromatic rings. The van der Waals surface area contributed by atoms with Crippen molar-refractivity contribution in [3.63, 3.8) is 0 Å². The molecule has 8 heteroatoms. The molecular formula is C17H16F2N2O3S. The highest BCUT2D eigenvalue weighted by molar-refractivity contribution is 7.10. The molecule has 1 N–H and O–H groups in total. The minimum Gasteiger partial charge on any atom is -0.395 e. The summed E-state index contributed by atoms with van der Waals surface area (Å²) in [5, 5.41) is 4.99. The van der Waals surface area contributed by atoms with E-state index < -0.39 is 6.29 Å². The molecule has 2 aliphatic rings. The molecule has 2 aliphatic heterocycles. The first-order valence-corrected chi connectivity index (χ1v) is 8.86. The smallest absolute Gasteiger partial charge is 0.395 e. The number of hydrogen-bond acceptors (Lipinski definition) is 5. The van der Waals surface area contributed by atoms with Gasteiger partial charge in [-0.15, -0.1) is 20.1 Å². The molecule has 132 valence electrons. The number of hydrogen-bond donors (Lipinski definition) is 1. The molecule has 0 saturated carbocycles. The lowest BCUT2D eigenvalue weighted by Gasteiger charge is -2.24. The summed E-state index contributed by atoms with van der Waals surface area (Å²) in [4.78, 5) is 15.6. The van der Waals surface area contributed by atoms with Gasteiger partial charge in [-0.05, 0) is 36.4 Å². The lowest BCUT2D eigenvalue weighted by atomic mass is 10.2. The van der Waals surface area contributed by atoms with Crippen molar-refractivity contribution in [3.05, 3.63) is 40.6 Å². The summed E-state index contributed by atoms with van der Waals surface area (Å²) < 4.78 is 34.9. The van der Waals surface area contributed by atoms with Crippen LogP contribution in [0.15, 0.2) is 35.7 Å². The van der Waals surface area contributed by atoms with E-state index in [0.717, 1.165) is 19.4 Å². The summed E-state index contributed by atoms with van der Waals surface area (Å²) in [6, 6.07) is 8.55. The molecule has 5 nitrogen and oxygen atoms in total. The van der Waals surface area contributed by atoms with Crippen LogP contribution in [0.25, 0.3) is 0 Å². The summed E-state index contributed by atoms with van der Waals surface area (Å²) >= 11 is 1.65. The van der Waals surface area contributed by atoms with Gasteiger partial charge >= 0.3 is 6.29 Å². The van der Waals surface area contributed by atoms with Gasteiger partial charge in [-0.25, -0.2) is 0 Å². The average Bonchev–Trinajstić information content (AvgIpc) is 3.29. The fourth-order valence-corrected chi connectivity index (χ4v) is 4.05. The summed E-state index contributed by atoms with van der Waals surface area (Å²) in [6.07, 6.45) is -1.70. The van der Waals surface area contributed by atoms with Crippen LogP contribution in [0.1, 0.15) is 23.8 Å². The molecular weight excluding hydrogens is 350 g/mol. The molecule has 0 aliphatic carbocycles. The zero-order chi connectivity index (χ0) is 17.4. The molecule has 1 amide bonds. The van der Waals surface area contributed by atoms with E-state index >= 15 is 0 Å². The maximum atomic E-state index is 13.0. The van der Waals surface area contributed by atoms with Crippen LogP contribution in [0, 0.1) is 0 Å². The second kappa shape index (κ2) is 6.18. The summed E-state index contributed by atoms with van der Waals surface area (Å²) in [5.74, 6) is -0.0711. The van der Waals surface area contributed by atoms with Crippen LogP contribution in [-0.2, 0) is 4.79 Å². The van der Waals surface area contributed by atoms with Crippen LogP contribution in [0.3, 0.4) is 0 Å². The molecule has 0 radical (unpaired) electrons. The van der Waals surface area contributed by atoms with Crippen LogP contribution in [0.5, 0.6) is 11.5 Å². The number of benzene rings is 1. The first kappa shape index (κ1) is 16.1. The normalized spacial score (nSPS) is 20.7. The van der Waals surface area contributed by atoms with Gasteiger partial charge in [-0.2, -0.15) is 0 Å². The van der Waals surface area contributed by atoms with Crippen molar-refractivity contribution < 1.29 is 23.0 Å². The predicted molar refractivity (Wildman–Crippen MR) is 89.1 cm³/mol. The molecule has 1 unspecified atom stereocenters. The van der Waals surface area contributed by atoms with E-state index in [4.69, 9.17) is 0 Å². The maximum Gasteiger partial charge on any atom is 0.586 e. The Morgan fingerprint density at radius 3 is 2.96 bits per heavy atom. The van der Waals surface area contributed by atoms with Crippen molar-refractivity contribution in [2.45, 2.75) is 25.2 Å². The summed E-state index contributed by atoms with van der Waals surface area (Å²) in [7, 11) is 0. The monoisotopic (exact) mass is 366 g/mol. The Morgan fingerprint density at radius 2 is 2.16 bits per heavy atom. The zero-order valence-corrected chi connectivity index (χ0v) is 14.0. The number of fused-ring (bicyclic) bond motifs is 1. The van der Waals surface area contributed by atoms with Gasteiger partial charge in [0.15, 0.2) is 11.5 Å². The largest absolute Gasteiger partial charge is 0.586 e. The third-order valence-electron chi connectivity index (χ3n) is 4.29. The Morgan fingerprint density at radius 1 is 1.32 bits per heavy atom. The number of carbonyl (C=O) groups is 1. The third kappa shape index (κ3) is 3.26. The number of thiophene rings is 1. The molecule has 3 heterocycles. The fourth-order valence-electron chi connectivity index (χ4n) is 3.18. The fraction of sp³-hybridized carbons (Fsp3) is 0.353. The standard InChI is InChI=1S/C17H16F2N2O3S/c18-17(19)23-13-6-5-11(9-14(13)24-17)20-10-16(22)21-7-1-3-12(21)15-4-2-8-25-15/h2,4-6,8-9,12,20H,1,3,7,10H2. The highest BCUT2D eigenvalue weighted by Gasteiger charge is 2.43. The number of nitrogens with one attached hydrogen (secondary N) is 1. The maximum absolute atomic E-state index is 13.0. The molecule has 1 aromatic heterocycles. The number of likely N-dealkylation sites (tertiary alicyclic amines) is 1. The first-order valence-electron chi connectivity index (χ1n) is 7.98. The Bertz CT molecular complexity index is 782. The number of nitrogens with zero attached hydrogens (tertiary/aromatic N) is 1. The van der Waals surface area contributed by atoms with Gasteiger partial charge < -0.3 is 19.7 Å². The molecule has 1 atom stereocenters. The predicted octanol–water partition coefficient (Wildman–Crippen LogP) is 3.85. The number of ether oxygens (including phenoxy) is 2. The number of halogens is 2. The van der Waals surface area contributed by atoms with E-state index in [9.17, 15) is 13.6 Å². The minimum absolute atomic E-state index is 0.0146. The molecule has 25 heavy (non-hydrogen) atoms. The van der Waals surface area contributed by atoms with Crippen molar-refractivity contribution in [3.8, 4) is 11.5 Å². The van der Waals surface area contributed by atoms with Crippen LogP contribution >= 0.6 is 11.3 Å². The van der Waals surface area contributed by atoms with Crippen molar-refractivity contribution in [1.29, 1.82) is 0 Å².